The van der Waals surface area contributed by atoms with Gasteiger partial charge in [0.2, 0.25) is 0 Å². The molecule has 0 radical (unpaired) electrons. The van der Waals surface area contributed by atoms with Crippen molar-refractivity contribution >= 4 is 0 Å². The van der Waals surface area contributed by atoms with Gasteiger partial charge in [-0.3, -0.25) is 0 Å². The fourth-order valence-corrected chi connectivity index (χ4v) is 1.95. The van der Waals surface area contributed by atoms with E-state index in [2.05, 4.69) is 31.2 Å². The van der Waals surface area contributed by atoms with Crippen molar-refractivity contribution in [1.82, 2.24) is 0 Å². The van der Waals surface area contributed by atoms with Gasteiger partial charge >= 0.3 is 0 Å². The maximum Gasteiger partial charge on any atom is 0.129 e. The monoisotopic (exact) mass is 246 g/mol. The molecule has 0 aliphatic heterocycles. The maximum atomic E-state index is 13.4. The molecule has 0 bridgehead atoms. The second-order valence-corrected chi connectivity index (χ2v) is 4.41. The molecule has 0 fully saturated rings. The van der Waals surface area contributed by atoms with E-state index < -0.39 is 11.6 Å². The zero-order valence-electron chi connectivity index (χ0n) is 10.4. The molecule has 0 unspecified atom stereocenters. The predicted molar refractivity (Wildman–Crippen MR) is 69.6 cm³/mol. The lowest BCUT2D eigenvalue weighted by atomic mass is 10.0. The summed E-state index contributed by atoms with van der Waals surface area (Å²) in [7, 11) is 0. The van der Waals surface area contributed by atoms with E-state index in [-0.39, 0.29) is 0 Å². The van der Waals surface area contributed by atoms with Crippen molar-refractivity contribution in [3.8, 4) is 0 Å². The van der Waals surface area contributed by atoms with Crippen molar-refractivity contribution in [2.75, 3.05) is 0 Å². The Morgan fingerprint density at radius 2 is 1.50 bits per heavy atom. The Balaban J connectivity index is 2.02. The van der Waals surface area contributed by atoms with Crippen molar-refractivity contribution in [1.29, 1.82) is 0 Å². The summed E-state index contributed by atoms with van der Waals surface area (Å²) in [4.78, 5) is 0. The SMILES string of the molecule is CCc1ccc(CCc2ccc(F)cc2F)cc1. The number of halogens is 2. The zero-order valence-corrected chi connectivity index (χ0v) is 10.4. The molecule has 0 saturated heterocycles. The second-order valence-electron chi connectivity index (χ2n) is 4.41. The molecule has 0 aliphatic rings. The van der Waals surface area contributed by atoms with Gasteiger partial charge in [-0.05, 0) is 42.0 Å². The zero-order chi connectivity index (χ0) is 13.0. The molecule has 2 rings (SSSR count). The van der Waals surface area contributed by atoms with Crippen LogP contribution in [0.15, 0.2) is 42.5 Å². The Morgan fingerprint density at radius 1 is 0.833 bits per heavy atom. The van der Waals surface area contributed by atoms with E-state index in [1.54, 1.807) is 0 Å². The Labute approximate surface area is 106 Å². The van der Waals surface area contributed by atoms with Crippen LogP contribution >= 0.6 is 0 Å². The van der Waals surface area contributed by atoms with Crippen molar-refractivity contribution in [3.63, 3.8) is 0 Å². The number of aryl methyl sites for hydroxylation is 3. The van der Waals surface area contributed by atoms with E-state index in [9.17, 15) is 8.78 Å². The highest BCUT2D eigenvalue weighted by atomic mass is 19.1. The van der Waals surface area contributed by atoms with E-state index in [1.807, 2.05) is 0 Å². The third kappa shape index (κ3) is 3.16. The van der Waals surface area contributed by atoms with Crippen LogP contribution < -0.4 is 0 Å². The molecule has 2 aromatic carbocycles. The van der Waals surface area contributed by atoms with Gasteiger partial charge in [-0.2, -0.15) is 0 Å². The van der Waals surface area contributed by atoms with E-state index in [4.69, 9.17) is 0 Å². The lowest BCUT2D eigenvalue weighted by molar-refractivity contribution is 0.571. The smallest absolute Gasteiger partial charge is 0.129 e. The van der Waals surface area contributed by atoms with Crippen LogP contribution in [0.5, 0.6) is 0 Å². The van der Waals surface area contributed by atoms with Crippen LogP contribution in [0.1, 0.15) is 23.6 Å². The average Bonchev–Trinajstić information content (AvgIpc) is 2.38. The third-order valence-electron chi connectivity index (χ3n) is 3.13. The first-order chi connectivity index (χ1) is 8.69. The molecule has 2 heteroatoms. The van der Waals surface area contributed by atoms with Crippen LogP contribution in [0.3, 0.4) is 0 Å². The Bertz CT molecular complexity index is 515. The van der Waals surface area contributed by atoms with Crippen LogP contribution in [-0.2, 0) is 19.3 Å². The van der Waals surface area contributed by atoms with Gasteiger partial charge in [-0.1, -0.05) is 37.3 Å². The number of benzene rings is 2. The van der Waals surface area contributed by atoms with Crippen LogP contribution in [0.4, 0.5) is 8.78 Å². The number of hydrogen-bond donors (Lipinski definition) is 0. The lowest BCUT2D eigenvalue weighted by Crippen LogP contribution is -1.96. The number of rotatable bonds is 4. The lowest BCUT2D eigenvalue weighted by Gasteiger charge is -2.05. The van der Waals surface area contributed by atoms with Crippen LogP contribution in [-0.4, -0.2) is 0 Å². The van der Waals surface area contributed by atoms with Crippen LogP contribution in [0, 0.1) is 11.6 Å². The summed E-state index contributed by atoms with van der Waals surface area (Å²) < 4.78 is 26.2. The van der Waals surface area contributed by atoms with Crippen molar-refractivity contribution in [3.05, 3.63) is 70.8 Å². The minimum absolute atomic E-state index is 0.458. The Hall–Kier alpha value is -1.70. The minimum atomic E-state index is -0.524. The first-order valence-electron chi connectivity index (χ1n) is 6.21. The molecule has 0 spiro atoms. The summed E-state index contributed by atoms with van der Waals surface area (Å²) in [6.45, 7) is 2.11. The first-order valence-corrected chi connectivity index (χ1v) is 6.21. The molecule has 0 heterocycles. The molecule has 0 N–H and O–H groups in total. The molecule has 0 nitrogen and oxygen atoms in total. The first kappa shape index (κ1) is 12.7. The summed E-state index contributed by atoms with van der Waals surface area (Å²) in [5, 5.41) is 0. The van der Waals surface area contributed by atoms with E-state index in [0.29, 0.717) is 12.0 Å². The molecule has 94 valence electrons. The molecular formula is C16H16F2. The number of hydrogen-bond acceptors (Lipinski definition) is 0. The van der Waals surface area contributed by atoms with E-state index in [1.165, 1.54) is 23.3 Å². The molecule has 0 saturated carbocycles. The average molecular weight is 246 g/mol. The van der Waals surface area contributed by atoms with Crippen LogP contribution in [0.2, 0.25) is 0 Å². The van der Waals surface area contributed by atoms with Crippen molar-refractivity contribution in [2.24, 2.45) is 0 Å². The predicted octanol–water partition coefficient (Wildman–Crippen LogP) is 4.31. The highest BCUT2D eigenvalue weighted by molar-refractivity contribution is 5.25. The standard InChI is InChI=1S/C16H16F2/c1-2-12-3-5-13(6-4-12)7-8-14-9-10-15(17)11-16(14)18/h3-6,9-11H,2,7-8H2,1H3. The molecular weight excluding hydrogens is 230 g/mol. The van der Waals surface area contributed by atoms with Gasteiger partial charge in [-0.25, -0.2) is 8.78 Å². The van der Waals surface area contributed by atoms with Crippen LogP contribution in [0.25, 0.3) is 0 Å². The van der Waals surface area contributed by atoms with E-state index in [0.717, 1.165) is 18.9 Å². The van der Waals surface area contributed by atoms with Crippen molar-refractivity contribution < 1.29 is 8.78 Å². The van der Waals surface area contributed by atoms with Gasteiger partial charge < -0.3 is 0 Å². The quantitative estimate of drug-likeness (QED) is 0.754. The molecule has 0 aliphatic carbocycles. The second kappa shape index (κ2) is 5.76. The summed E-state index contributed by atoms with van der Waals surface area (Å²) in [5.41, 5.74) is 3.04. The van der Waals surface area contributed by atoms with E-state index >= 15 is 0 Å². The van der Waals surface area contributed by atoms with Gasteiger partial charge in [0, 0.05) is 6.07 Å². The Morgan fingerprint density at radius 3 is 2.11 bits per heavy atom. The summed E-state index contributed by atoms with van der Waals surface area (Å²) in [5.74, 6) is -0.983. The van der Waals surface area contributed by atoms with Gasteiger partial charge in [0.25, 0.3) is 0 Å². The van der Waals surface area contributed by atoms with Crippen molar-refractivity contribution in [2.45, 2.75) is 26.2 Å². The highest BCUT2D eigenvalue weighted by Crippen LogP contribution is 2.13. The topological polar surface area (TPSA) is 0 Å². The summed E-state index contributed by atoms with van der Waals surface area (Å²) in [6, 6.07) is 12.1. The molecule has 2 aromatic rings. The third-order valence-corrected chi connectivity index (χ3v) is 3.13. The maximum absolute atomic E-state index is 13.4. The molecule has 0 amide bonds. The highest BCUT2D eigenvalue weighted by Gasteiger charge is 2.04. The fraction of sp³-hybridized carbons (Fsp3) is 0.250. The fourth-order valence-electron chi connectivity index (χ4n) is 1.95. The minimum Gasteiger partial charge on any atom is -0.207 e. The van der Waals surface area contributed by atoms with Gasteiger partial charge in [-0.15, -0.1) is 0 Å². The van der Waals surface area contributed by atoms with Gasteiger partial charge in [0.1, 0.15) is 11.6 Å². The Kier molecular flexibility index (Phi) is 4.08. The largest absolute Gasteiger partial charge is 0.207 e. The summed E-state index contributed by atoms with van der Waals surface area (Å²) >= 11 is 0. The normalized spacial score (nSPS) is 10.6. The van der Waals surface area contributed by atoms with Gasteiger partial charge in [0.05, 0.1) is 0 Å². The molecule has 0 aromatic heterocycles. The molecule has 18 heavy (non-hydrogen) atoms. The molecule has 0 atom stereocenters. The van der Waals surface area contributed by atoms with Gasteiger partial charge in [0.15, 0.2) is 0 Å². The summed E-state index contributed by atoms with van der Waals surface area (Å²) in [6.07, 6.45) is 2.39.